The molecule has 1 N–H and O–H groups in total. The maximum absolute atomic E-state index is 11.0. The number of halogens is 1. The van der Waals surface area contributed by atoms with Crippen molar-refractivity contribution >= 4 is 21.4 Å². The minimum absolute atomic E-state index is 0.0781. The number of rotatable bonds is 5. The van der Waals surface area contributed by atoms with Gasteiger partial charge in [0.25, 0.3) is 0 Å². The van der Waals surface area contributed by atoms with Gasteiger partial charge in [0, 0.05) is 25.0 Å². The SMILES string of the molecule is CC(CS(C)(=O)=O)NCc1ccc(Cl)nc1. The van der Waals surface area contributed by atoms with Gasteiger partial charge in [-0.3, -0.25) is 0 Å². The van der Waals surface area contributed by atoms with Crippen LogP contribution in [0.1, 0.15) is 12.5 Å². The second-order valence-corrected chi connectivity index (χ2v) is 6.44. The lowest BCUT2D eigenvalue weighted by molar-refractivity contribution is 0.559. The topological polar surface area (TPSA) is 59.1 Å². The van der Waals surface area contributed by atoms with Crippen molar-refractivity contribution in [3.05, 3.63) is 29.0 Å². The Morgan fingerprint density at radius 3 is 2.69 bits per heavy atom. The normalized spacial score (nSPS) is 13.7. The number of nitrogens with one attached hydrogen (secondary N) is 1. The van der Waals surface area contributed by atoms with Crippen LogP contribution in [0.25, 0.3) is 0 Å². The van der Waals surface area contributed by atoms with Crippen LogP contribution in [-0.2, 0) is 16.4 Å². The van der Waals surface area contributed by atoms with E-state index in [0.29, 0.717) is 11.7 Å². The first-order valence-corrected chi connectivity index (χ1v) is 7.32. The number of nitrogens with zero attached hydrogens (tertiary/aromatic N) is 1. The quantitative estimate of drug-likeness (QED) is 0.812. The summed E-state index contributed by atoms with van der Waals surface area (Å²) < 4.78 is 22.1. The second kappa shape index (κ2) is 5.61. The fourth-order valence-electron chi connectivity index (χ4n) is 1.32. The van der Waals surface area contributed by atoms with Crippen LogP contribution in [0.4, 0.5) is 0 Å². The van der Waals surface area contributed by atoms with Crippen molar-refractivity contribution < 1.29 is 8.42 Å². The van der Waals surface area contributed by atoms with Gasteiger partial charge in [-0.05, 0) is 18.6 Å². The van der Waals surface area contributed by atoms with Crippen molar-refractivity contribution in [1.29, 1.82) is 0 Å². The van der Waals surface area contributed by atoms with Gasteiger partial charge in [0.05, 0.1) is 5.75 Å². The Labute approximate surface area is 101 Å². The molecule has 0 aliphatic rings. The molecule has 0 amide bonds. The molecule has 1 atom stereocenters. The molecule has 0 radical (unpaired) electrons. The van der Waals surface area contributed by atoms with Crippen molar-refractivity contribution in [1.82, 2.24) is 10.3 Å². The lowest BCUT2D eigenvalue weighted by atomic mass is 10.2. The van der Waals surface area contributed by atoms with E-state index in [2.05, 4.69) is 10.3 Å². The molecule has 0 bridgehead atoms. The fraction of sp³-hybridized carbons (Fsp3) is 0.500. The van der Waals surface area contributed by atoms with Crippen molar-refractivity contribution in [3.8, 4) is 0 Å². The number of hydrogen-bond acceptors (Lipinski definition) is 4. The van der Waals surface area contributed by atoms with E-state index in [1.807, 2.05) is 13.0 Å². The largest absolute Gasteiger partial charge is 0.309 e. The van der Waals surface area contributed by atoms with Gasteiger partial charge in [-0.1, -0.05) is 17.7 Å². The standard InChI is InChI=1S/C10H15ClN2O2S/c1-8(7-16(2,14)15)12-5-9-3-4-10(11)13-6-9/h3-4,6,8,12H,5,7H2,1-2H3. The molecule has 1 rings (SSSR count). The van der Waals surface area contributed by atoms with Crippen LogP contribution >= 0.6 is 11.6 Å². The molecule has 0 aromatic carbocycles. The van der Waals surface area contributed by atoms with E-state index in [0.717, 1.165) is 5.56 Å². The summed E-state index contributed by atoms with van der Waals surface area (Å²) in [5, 5.41) is 3.56. The molecule has 16 heavy (non-hydrogen) atoms. The summed E-state index contributed by atoms with van der Waals surface area (Å²) in [6.45, 7) is 2.42. The van der Waals surface area contributed by atoms with Crippen molar-refractivity contribution in [3.63, 3.8) is 0 Å². The smallest absolute Gasteiger partial charge is 0.148 e. The highest BCUT2D eigenvalue weighted by molar-refractivity contribution is 7.90. The van der Waals surface area contributed by atoms with Gasteiger partial charge in [0.15, 0.2) is 0 Å². The minimum Gasteiger partial charge on any atom is -0.309 e. The average Bonchev–Trinajstić information content (AvgIpc) is 2.14. The molecule has 0 aliphatic heterocycles. The Kier molecular flexibility index (Phi) is 4.70. The first-order chi connectivity index (χ1) is 7.37. The van der Waals surface area contributed by atoms with Crippen molar-refractivity contribution in [2.45, 2.75) is 19.5 Å². The molecular weight excluding hydrogens is 248 g/mol. The number of hydrogen-bond donors (Lipinski definition) is 1. The third-order valence-electron chi connectivity index (χ3n) is 2.00. The summed E-state index contributed by atoms with van der Waals surface area (Å²) in [5.41, 5.74) is 0.977. The zero-order chi connectivity index (χ0) is 12.2. The highest BCUT2D eigenvalue weighted by atomic mass is 35.5. The van der Waals surface area contributed by atoms with E-state index in [1.165, 1.54) is 6.26 Å². The molecule has 6 heteroatoms. The molecule has 0 aliphatic carbocycles. The first kappa shape index (κ1) is 13.4. The minimum atomic E-state index is -2.93. The number of aromatic nitrogens is 1. The van der Waals surface area contributed by atoms with E-state index < -0.39 is 9.84 Å². The lowest BCUT2D eigenvalue weighted by Gasteiger charge is -2.12. The van der Waals surface area contributed by atoms with Gasteiger partial charge < -0.3 is 5.32 Å². The van der Waals surface area contributed by atoms with Crippen LogP contribution in [0.5, 0.6) is 0 Å². The Balaban J connectivity index is 2.43. The average molecular weight is 263 g/mol. The molecule has 0 saturated carbocycles. The van der Waals surface area contributed by atoms with Crippen LogP contribution < -0.4 is 5.32 Å². The Morgan fingerprint density at radius 2 is 2.19 bits per heavy atom. The van der Waals surface area contributed by atoms with Gasteiger partial charge in [0.2, 0.25) is 0 Å². The van der Waals surface area contributed by atoms with Crippen LogP contribution in [0.15, 0.2) is 18.3 Å². The Bertz CT molecular complexity index is 431. The molecule has 1 heterocycles. The van der Waals surface area contributed by atoms with Gasteiger partial charge in [-0.2, -0.15) is 0 Å². The summed E-state index contributed by atoms with van der Waals surface area (Å²) in [4.78, 5) is 3.94. The zero-order valence-corrected chi connectivity index (χ0v) is 10.8. The second-order valence-electron chi connectivity index (χ2n) is 3.86. The third-order valence-corrected chi connectivity index (χ3v) is 3.33. The Hall–Kier alpha value is -0.650. The highest BCUT2D eigenvalue weighted by Gasteiger charge is 2.09. The molecule has 0 spiro atoms. The van der Waals surface area contributed by atoms with Crippen LogP contribution in [0.2, 0.25) is 5.15 Å². The fourth-order valence-corrected chi connectivity index (χ4v) is 2.45. The van der Waals surface area contributed by atoms with Crippen LogP contribution in [-0.4, -0.2) is 31.5 Å². The van der Waals surface area contributed by atoms with Gasteiger partial charge in [0.1, 0.15) is 15.0 Å². The molecule has 90 valence electrons. The van der Waals surface area contributed by atoms with E-state index in [4.69, 9.17) is 11.6 Å². The third kappa shape index (κ3) is 5.44. The van der Waals surface area contributed by atoms with Crippen molar-refractivity contribution in [2.24, 2.45) is 0 Å². The maximum Gasteiger partial charge on any atom is 0.148 e. The summed E-state index contributed by atoms with van der Waals surface area (Å²) >= 11 is 5.65. The predicted molar refractivity (Wildman–Crippen MR) is 65.3 cm³/mol. The van der Waals surface area contributed by atoms with E-state index in [1.54, 1.807) is 12.3 Å². The van der Waals surface area contributed by atoms with Gasteiger partial charge in [-0.25, -0.2) is 13.4 Å². The summed E-state index contributed by atoms with van der Waals surface area (Å²) in [7, 11) is -2.93. The number of sulfone groups is 1. The van der Waals surface area contributed by atoms with E-state index in [-0.39, 0.29) is 11.8 Å². The summed E-state index contributed by atoms with van der Waals surface area (Å²) in [6.07, 6.45) is 2.90. The molecule has 0 fully saturated rings. The Morgan fingerprint density at radius 1 is 1.50 bits per heavy atom. The lowest BCUT2D eigenvalue weighted by Crippen LogP contribution is -2.32. The monoisotopic (exact) mass is 262 g/mol. The van der Waals surface area contributed by atoms with Crippen LogP contribution in [0.3, 0.4) is 0 Å². The van der Waals surface area contributed by atoms with Gasteiger partial charge in [-0.15, -0.1) is 0 Å². The summed E-state index contributed by atoms with van der Waals surface area (Å²) in [6, 6.07) is 3.49. The zero-order valence-electron chi connectivity index (χ0n) is 9.27. The van der Waals surface area contributed by atoms with E-state index >= 15 is 0 Å². The molecule has 1 aromatic rings. The predicted octanol–water partition coefficient (Wildman–Crippen LogP) is 1.26. The first-order valence-electron chi connectivity index (χ1n) is 4.88. The molecule has 1 aromatic heterocycles. The van der Waals surface area contributed by atoms with Crippen molar-refractivity contribution in [2.75, 3.05) is 12.0 Å². The highest BCUT2D eigenvalue weighted by Crippen LogP contribution is 2.05. The van der Waals surface area contributed by atoms with Crippen LogP contribution in [0, 0.1) is 0 Å². The molecule has 4 nitrogen and oxygen atoms in total. The molecule has 1 unspecified atom stereocenters. The maximum atomic E-state index is 11.0. The van der Waals surface area contributed by atoms with Gasteiger partial charge >= 0.3 is 0 Å². The van der Waals surface area contributed by atoms with E-state index in [9.17, 15) is 8.42 Å². The number of pyridine rings is 1. The summed E-state index contributed by atoms with van der Waals surface area (Å²) in [5.74, 6) is 0.133. The molecular formula is C10H15ClN2O2S. The molecule has 0 saturated heterocycles.